The van der Waals surface area contributed by atoms with Gasteiger partial charge in [-0.05, 0) is 54.3 Å². The second-order valence-electron chi connectivity index (χ2n) is 6.61. The van der Waals surface area contributed by atoms with Crippen molar-refractivity contribution < 1.29 is 4.79 Å². The molecule has 0 fully saturated rings. The number of anilines is 5. The first-order valence-electron chi connectivity index (χ1n) is 9.19. The molecule has 0 aliphatic carbocycles. The molecule has 1 amide bonds. The molecule has 1 aliphatic heterocycles. The number of benzene rings is 2. The molecule has 6 nitrogen and oxygen atoms in total. The first-order valence-corrected chi connectivity index (χ1v) is 9.57. The topological polar surface area (TPSA) is 78.9 Å². The molecular formula is C21H20ClN5O. The highest BCUT2D eigenvalue weighted by molar-refractivity contribution is 6.32. The molecule has 0 unspecified atom stereocenters. The van der Waals surface area contributed by atoms with Crippen LogP contribution in [0.3, 0.4) is 0 Å². The Morgan fingerprint density at radius 3 is 2.86 bits per heavy atom. The van der Waals surface area contributed by atoms with E-state index in [4.69, 9.17) is 11.6 Å². The lowest BCUT2D eigenvalue weighted by Crippen LogP contribution is -2.12. The lowest BCUT2D eigenvalue weighted by molar-refractivity contribution is -0.115. The van der Waals surface area contributed by atoms with E-state index in [9.17, 15) is 4.79 Å². The summed E-state index contributed by atoms with van der Waals surface area (Å²) in [6, 6.07) is 14.0. The van der Waals surface area contributed by atoms with Gasteiger partial charge in [-0.15, -0.1) is 0 Å². The third-order valence-corrected chi connectivity index (χ3v) is 4.85. The van der Waals surface area contributed by atoms with Gasteiger partial charge in [0, 0.05) is 23.5 Å². The Labute approximate surface area is 168 Å². The van der Waals surface area contributed by atoms with Crippen molar-refractivity contribution in [3.05, 3.63) is 64.8 Å². The third-order valence-electron chi connectivity index (χ3n) is 4.57. The van der Waals surface area contributed by atoms with E-state index in [1.54, 1.807) is 6.20 Å². The number of hydrogen-bond donors (Lipinski definition) is 3. The summed E-state index contributed by atoms with van der Waals surface area (Å²) in [6.07, 6.45) is 3.63. The predicted octanol–water partition coefficient (Wildman–Crippen LogP) is 5.06. The fraction of sp³-hybridized carbons (Fsp3) is 0.190. The van der Waals surface area contributed by atoms with Gasteiger partial charge in [0.25, 0.3) is 0 Å². The first-order chi connectivity index (χ1) is 13.6. The monoisotopic (exact) mass is 393 g/mol. The Kier molecular flexibility index (Phi) is 5.12. The van der Waals surface area contributed by atoms with Crippen LogP contribution in [0.2, 0.25) is 5.02 Å². The highest BCUT2D eigenvalue weighted by Gasteiger charge is 2.12. The summed E-state index contributed by atoms with van der Waals surface area (Å²) in [5.41, 5.74) is 4.83. The molecule has 28 heavy (non-hydrogen) atoms. The Bertz CT molecular complexity index is 1040. The largest absolute Gasteiger partial charge is 0.339 e. The lowest BCUT2D eigenvalue weighted by atomic mass is 10.0. The first kappa shape index (κ1) is 18.3. The van der Waals surface area contributed by atoms with Crippen molar-refractivity contribution in [3.63, 3.8) is 0 Å². The number of hydrogen-bond acceptors (Lipinski definition) is 5. The number of carbonyl (C=O) groups excluding carboxylic acids is 1. The second kappa shape index (κ2) is 7.86. The minimum atomic E-state index is -0.00504. The van der Waals surface area contributed by atoms with E-state index >= 15 is 0 Å². The Balaban J connectivity index is 1.79. The third kappa shape index (κ3) is 4.07. The number of nitrogens with zero attached hydrogens (tertiary/aromatic N) is 2. The fourth-order valence-electron chi connectivity index (χ4n) is 3.10. The van der Waals surface area contributed by atoms with E-state index in [2.05, 4.69) is 38.1 Å². The van der Waals surface area contributed by atoms with Crippen LogP contribution in [0.5, 0.6) is 0 Å². The number of nitrogens with one attached hydrogen (secondary N) is 3. The van der Waals surface area contributed by atoms with Crippen LogP contribution >= 0.6 is 11.6 Å². The molecule has 0 spiro atoms. The summed E-state index contributed by atoms with van der Waals surface area (Å²) >= 11 is 6.28. The summed E-state index contributed by atoms with van der Waals surface area (Å²) in [7, 11) is 0. The van der Waals surface area contributed by atoms with Gasteiger partial charge in [0.2, 0.25) is 11.9 Å². The Morgan fingerprint density at radius 2 is 2.00 bits per heavy atom. The quantitative estimate of drug-likeness (QED) is 0.566. The van der Waals surface area contributed by atoms with Crippen LogP contribution < -0.4 is 16.0 Å². The predicted molar refractivity (Wildman–Crippen MR) is 113 cm³/mol. The van der Waals surface area contributed by atoms with Crippen molar-refractivity contribution in [1.82, 2.24) is 9.97 Å². The van der Waals surface area contributed by atoms with Gasteiger partial charge >= 0.3 is 0 Å². The molecule has 0 radical (unpaired) electrons. The van der Waals surface area contributed by atoms with Crippen LogP contribution in [0.25, 0.3) is 0 Å². The van der Waals surface area contributed by atoms with E-state index in [0.717, 1.165) is 35.5 Å². The van der Waals surface area contributed by atoms with Gasteiger partial charge in [-0.3, -0.25) is 4.79 Å². The molecule has 0 saturated carbocycles. The van der Waals surface area contributed by atoms with Crippen molar-refractivity contribution in [2.24, 2.45) is 0 Å². The maximum Gasteiger partial charge on any atom is 0.229 e. The van der Waals surface area contributed by atoms with Crippen molar-refractivity contribution in [2.45, 2.75) is 26.2 Å². The van der Waals surface area contributed by atoms with E-state index in [-0.39, 0.29) is 5.91 Å². The smallest absolute Gasteiger partial charge is 0.229 e. The molecule has 1 aliphatic rings. The number of rotatable bonds is 2. The van der Waals surface area contributed by atoms with Crippen LogP contribution in [-0.2, 0) is 17.6 Å². The molecule has 142 valence electrons. The average Bonchev–Trinajstić information content (AvgIpc) is 2.70. The van der Waals surface area contributed by atoms with Gasteiger partial charge in [-0.25, -0.2) is 4.98 Å². The second-order valence-corrected chi connectivity index (χ2v) is 7.02. The van der Waals surface area contributed by atoms with Gasteiger partial charge in [0.05, 0.1) is 6.20 Å². The van der Waals surface area contributed by atoms with Crippen LogP contribution in [0.1, 0.15) is 24.5 Å². The highest BCUT2D eigenvalue weighted by Crippen LogP contribution is 2.29. The number of aryl methyl sites for hydroxylation is 2. The molecule has 4 rings (SSSR count). The van der Waals surface area contributed by atoms with Crippen molar-refractivity contribution in [1.29, 1.82) is 0 Å². The summed E-state index contributed by atoms with van der Waals surface area (Å²) in [5, 5.41) is 9.90. The molecule has 1 aromatic heterocycles. The number of aromatic nitrogens is 2. The Morgan fingerprint density at radius 1 is 1.14 bits per heavy atom. The molecule has 2 heterocycles. The van der Waals surface area contributed by atoms with E-state index in [1.807, 2.05) is 37.3 Å². The van der Waals surface area contributed by atoms with Crippen molar-refractivity contribution in [2.75, 3.05) is 16.0 Å². The van der Waals surface area contributed by atoms with Gasteiger partial charge in [-0.1, -0.05) is 30.7 Å². The number of halogens is 1. The Hall–Kier alpha value is -3.12. The van der Waals surface area contributed by atoms with Crippen molar-refractivity contribution in [3.8, 4) is 0 Å². The highest BCUT2D eigenvalue weighted by atomic mass is 35.5. The van der Waals surface area contributed by atoms with E-state index < -0.39 is 0 Å². The van der Waals surface area contributed by atoms with E-state index in [0.29, 0.717) is 23.2 Å². The molecule has 3 aromatic rings. The lowest BCUT2D eigenvalue weighted by Gasteiger charge is -2.14. The van der Waals surface area contributed by atoms with Crippen LogP contribution in [-0.4, -0.2) is 15.9 Å². The van der Waals surface area contributed by atoms with Crippen LogP contribution in [0.15, 0.2) is 48.7 Å². The maximum atomic E-state index is 11.9. The molecule has 3 N–H and O–H groups in total. The molecule has 7 heteroatoms. The summed E-state index contributed by atoms with van der Waals surface area (Å²) in [4.78, 5) is 20.7. The molecule has 0 atom stereocenters. The summed E-state index contributed by atoms with van der Waals surface area (Å²) < 4.78 is 0. The maximum absolute atomic E-state index is 11.9. The summed E-state index contributed by atoms with van der Waals surface area (Å²) in [6.45, 7) is 1.84. The van der Waals surface area contributed by atoms with Gasteiger partial charge in [0.1, 0.15) is 5.02 Å². The van der Waals surface area contributed by atoms with Gasteiger partial charge in [0.15, 0.2) is 5.82 Å². The zero-order chi connectivity index (χ0) is 19.5. The minimum absolute atomic E-state index is 0.00504. The van der Waals surface area contributed by atoms with Crippen molar-refractivity contribution >= 4 is 46.3 Å². The normalized spacial score (nSPS) is 12.5. The SMILES string of the molecule is CCC(=O)Nc1ccc2cc1CCc1cccc(c1)Nc1ncc(Cl)c(n1)N2. The molecule has 0 saturated heterocycles. The number of amides is 1. The van der Waals surface area contributed by atoms with Gasteiger partial charge in [-0.2, -0.15) is 4.98 Å². The molecular weight excluding hydrogens is 374 g/mol. The van der Waals surface area contributed by atoms with Crippen LogP contribution in [0, 0.1) is 0 Å². The van der Waals surface area contributed by atoms with Crippen LogP contribution in [0.4, 0.5) is 28.8 Å². The number of fused-ring (bicyclic) bond motifs is 6. The zero-order valence-electron chi connectivity index (χ0n) is 15.4. The molecule has 2 aromatic carbocycles. The average molecular weight is 394 g/mol. The minimum Gasteiger partial charge on any atom is -0.339 e. The zero-order valence-corrected chi connectivity index (χ0v) is 16.2. The fourth-order valence-corrected chi connectivity index (χ4v) is 3.24. The van der Waals surface area contributed by atoms with Gasteiger partial charge < -0.3 is 16.0 Å². The standard InChI is InChI=1S/C21H20ClN5O/c1-2-19(28)26-18-9-8-16-11-14(18)7-6-13-4-3-5-15(10-13)25-21-23-12-17(22)20(24-16)27-21/h3-5,8-12H,2,6-7H2,1H3,(H,26,28)(H2,23,24,25,27). The summed E-state index contributed by atoms with van der Waals surface area (Å²) in [5.74, 6) is 0.982. The number of carbonyl (C=O) groups is 1. The molecule has 6 bridgehead atoms. The van der Waals surface area contributed by atoms with E-state index in [1.165, 1.54) is 5.56 Å².